The van der Waals surface area contributed by atoms with Crippen LogP contribution in [0.3, 0.4) is 0 Å². The van der Waals surface area contributed by atoms with Crippen LogP contribution in [0, 0.1) is 29.1 Å². The molecule has 142 valence electrons. The number of nitriles is 1. The van der Waals surface area contributed by atoms with Crippen LogP contribution in [0.4, 0.5) is 0 Å². The Balaban J connectivity index is 1.29. The van der Waals surface area contributed by atoms with Gasteiger partial charge in [0.05, 0.1) is 13.2 Å². The van der Waals surface area contributed by atoms with Crippen molar-refractivity contribution in [2.75, 3.05) is 39.4 Å². The highest BCUT2D eigenvalue weighted by Gasteiger charge is 2.50. The summed E-state index contributed by atoms with van der Waals surface area (Å²) < 4.78 is 5.33. The van der Waals surface area contributed by atoms with E-state index in [0.717, 1.165) is 50.6 Å². The number of ether oxygens (including phenoxy) is 1. The normalized spacial score (nSPS) is 36.6. The Morgan fingerprint density at radius 1 is 1.15 bits per heavy atom. The molecule has 0 spiro atoms. The number of hydrogen-bond acceptors (Lipinski definition) is 5. The fourth-order valence-electron chi connectivity index (χ4n) is 5.91. The molecule has 0 aromatic carbocycles. The van der Waals surface area contributed by atoms with Gasteiger partial charge in [-0.25, -0.2) is 0 Å². The summed E-state index contributed by atoms with van der Waals surface area (Å²) in [5.74, 6) is 2.26. The summed E-state index contributed by atoms with van der Waals surface area (Å²) in [6.07, 6.45) is 9.46. The third kappa shape index (κ3) is 3.89. The maximum Gasteiger partial charge on any atom is 0.263 e. The summed E-state index contributed by atoms with van der Waals surface area (Å²) >= 11 is 0. The minimum Gasteiger partial charge on any atom is -0.384 e. The average molecular weight is 358 g/mol. The quantitative estimate of drug-likeness (QED) is 0.554. The van der Waals surface area contributed by atoms with E-state index in [1.807, 2.05) is 0 Å². The van der Waals surface area contributed by atoms with Crippen LogP contribution < -0.4 is 10.6 Å². The summed E-state index contributed by atoms with van der Waals surface area (Å²) in [6, 6.07) is 2.08. The second-order valence-electron chi connectivity index (χ2n) is 8.72. The molecule has 1 heterocycles. The molecular weight excluding hydrogens is 328 g/mol. The van der Waals surface area contributed by atoms with Gasteiger partial charge in [-0.1, -0.05) is 0 Å². The molecule has 1 amide bonds. The first-order chi connectivity index (χ1) is 12.7. The molecule has 0 radical (unpaired) electrons. The van der Waals surface area contributed by atoms with Crippen molar-refractivity contribution < 1.29 is 9.53 Å². The fourth-order valence-corrected chi connectivity index (χ4v) is 5.91. The lowest BCUT2D eigenvalue weighted by molar-refractivity contribution is -0.117. The summed E-state index contributed by atoms with van der Waals surface area (Å²) in [7, 11) is 0. The van der Waals surface area contributed by atoms with Gasteiger partial charge in [-0.05, 0) is 56.3 Å². The predicted octanol–water partition coefficient (Wildman–Crippen LogP) is 1.40. The van der Waals surface area contributed by atoms with Gasteiger partial charge in [0.2, 0.25) is 0 Å². The van der Waals surface area contributed by atoms with Crippen LogP contribution in [-0.4, -0.2) is 55.7 Å². The molecule has 4 aliphatic carbocycles. The van der Waals surface area contributed by atoms with Crippen LogP contribution in [0.2, 0.25) is 0 Å². The van der Waals surface area contributed by atoms with Gasteiger partial charge in [-0.2, -0.15) is 5.26 Å². The van der Waals surface area contributed by atoms with E-state index in [0.29, 0.717) is 6.54 Å². The minimum absolute atomic E-state index is 0.130. The van der Waals surface area contributed by atoms with Crippen LogP contribution in [0.15, 0.2) is 11.8 Å². The molecule has 1 aliphatic heterocycles. The number of nitrogens with zero attached hydrogens (tertiary/aromatic N) is 2. The Bertz CT molecular complexity index is 568. The molecule has 4 bridgehead atoms. The molecule has 5 aliphatic rings. The summed E-state index contributed by atoms with van der Waals surface area (Å²) in [5, 5.41) is 15.8. The Morgan fingerprint density at radius 3 is 2.35 bits per heavy atom. The maximum atomic E-state index is 12.3. The topological polar surface area (TPSA) is 77.4 Å². The Hall–Kier alpha value is -1.58. The fraction of sp³-hybridized carbons (Fsp3) is 0.800. The molecule has 2 N–H and O–H groups in total. The second kappa shape index (κ2) is 7.58. The van der Waals surface area contributed by atoms with Crippen LogP contribution in [0.25, 0.3) is 0 Å². The van der Waals surface area contributed by atoms with Gasteiger partial charge >= 0.3 is 0 Å². The van der Waals surface area contributed by atoms with Crippen molar-refractivity contribution >= 4 is 5.91 Å². The van der Waals surface area contributed by atoms with Crippen molar-refractivity contribution in [2.45, 2.75) is 44.1 Å². The van der Waals surface area contributed by atoms with Crippen LogP contribution in [-0.2, 0) is 9.53 Å². The summed E-state index contributed by atoms with van der Waals surface area (Å²) in [5.41, 5.74) is 0.327. The number of nitrogens with one attached hydrogen (secondary N) is 2. The maximum absolute atomic E-state index is 12.3. The standard InChI is InChI=1S/C20H30N4O2/c21-13-18(19(25)22-1-2-24-3-5-26-6-4-24)14-23-20-10-15-7-16(11-20)9-17(8-15)12-20/h14-17,23H,1-12H2,(H,22,25)/b18-14-. The zero-order valence-electron chi connectivity index (χ0n) is 15.5. The number of amides is 1. The van der Waals surface area contributed by atoms with Crippen molar-refractivity contribution in [3.63, 3.8) is 0 Å². The molecular formula is C20H30N4O2. The Kier molecular flexibility index (Phi) is 5.19. The number of morpholine rings is 1. The predicted molar refractivity (Wildman–Crippen MR) is 98.0 cm³/mol. The van der Waals surface area contributed by atoms with Gasteiger partial charge in [0.15, 0.2) is 0 Å². The largest absolute Gasteiger partial charge is 0.384 e. The molecule has 5 rings (SSSR count). The summed E-state index contributed by atoms with van der Waals surface area (Å²) in [4.78, 5) is 14.6. The third-order valence-electron chi connectivity index (χ3n) is 6.74. The first-order valence-electron chi connectivity index (χ1n) is 10.1. The molecule has 4 saturated carbocycles. The van der Waals surface area contributed by atoms with Crippen LogP contribution >= 0.6 is 0 Å². The van der Waals surface area contributed by atoms with Gasteiger partial charge in [0, 0.05) is 37.9 Å². The zero-order valence-corrected chi connectivity index (χ0v) is 15.5. The van der Waals surface area contributed by atoms with Gasteiger partial charge in [-0.15, -0.1) is 0 Å². The molecule has 6 nitrogen and oxygen atoms in total. The SMILES string of the molecule is N#C/C(=C/NC12CC3CC(CC(C3)C1)C2)C(=O)NCCN1CCOCC1. The lowest BCUT2D eigenvalue weighted by atomic mass is 9.53. The van der Waals surface area contributed by atoms with Crippen LogP contribution in [0.1, 0.15) is 38.5 Å². The first-order valence-corrected chi connectivity index (χ1v) is 10.1. The van der Waals surface area contributed by atoms with Crippen molar-refractivity contribution in [2.24, 2.45) is 17.8 Å². The highest BCUT2D eigenvalue weighted by Crippen LogP contribution is 2.55. The minimum atomic E-state index is -0.266. The van der Waals surface area contributed by atoms with Crippen molar-refractivity contribution in [1.29, 1.82) is 5.26 Å². The number of carbonyl (C=O) groups excluding carboxylic acids is 1. The van der Waals surface area contributed by atoms with Crippen molar-refractivity contribution in [3.8, 4) is 6.07 Å². The van der Waals surface area contributed by atoms with Gasteiger partial charge in [-0.3, -0.25) is 9.69 Å². The lowest BCUT2D eigenvalue weighted by Gasteiger charge is -2.56. The summed E-state index contributed by atoms with van der Waals surface area (Å²) in [6.45, 7) is 4.69. The van der Waals surface area contributed by atoms with E-state index >= 15 is 0 Å². The highest BCUT2D eigenvalue weighted by molar-refractivity contribution is 5.97. The van der Waals surface area contributed by atoms with Crippen LogP contribution in [0.5, 0.6) is 0 Å². The van der Waals surface area contributed by atoms with E-state index < -0.39 is 0 Å². The van der Waals surface area contributed by atoms with E-state index in [4.69, 9.17) is 4.74 Å². The first kappa shape index (κ1) is 17.8. The van der Waals surface area contributed by atoms with E-state index in [9.17, 15) is 10.1 Å². The molecule has 5 fully saturated rings. The molecule has 6 heteroatoms. The number of rotatable bonds is 6. The van der Waals surface area contributed by atoms with E-state index in [2.05, 4.69) is 21.6 Å². The molecule has 1 saturated heterocycles. The van der Waals surface area contributed by atoms with E-state index in [1.165, 1.54) is 38.5 Å². The molecule has 0 aromatic heterocycles. The van der Waals surface area contributed by atoms with E-state index in [-0.39, 0.29) is 17.0 Å². The molecule has 0 unspecified atom stereocenters. The van der Waals surface area contributed by atoms with E-state index in [1.54, 1.807) is 6.20 Å². The second-order valence-corrected chi connectivity index (χ2v) is 8.72. The lowest BCUT2D eigenvalue weighted by Crippen LogP contribution is -2.57. The Morgan fingerprint density at radius 2 is 1.77 bits per heavy atom. The van der Waals surface area contributed by atoms with Crippen molar-refractivity contribution in [3.05, 3.63) is 11.8 Å². The van der Waals surface area contributed by atoms with Gasteiger partial charge in [0.1, 0.15) is 11.6 Å². The zero-order chi connectivity index (χ0) is 18.0. The third-order valence-corrected chi connectivity index (χ3v) is 6.74. The Labute approximate surface area is 155 Å². The van der Waals surface area contributed by atoms with Crippen molar-refractivity contribution in [1.82, 2.24) is 15.5 Å². The van der Waals surface area contributed by atoms with Gasteiger partial charge < -0.3 is 15.4 Å². The smallest absolute Gasteiger partial charge is 0.263 e. The monoisotopic (exact) mass is 358 g/mol. The number of carbonyl (C=O) groups is 1. The number of hydrogen-bond donors (Lipinski definition) is 2. The highest BCUT2D eigenvalue weighted by atomic mass is 16.5. The molecule has 0 atom stereocenters. The van der Waals surface area contributed by atoms with Gasteiger partial charge in [0.25, 0.3) is 5.91 Å². The average Bonchev–Trinajstić information content (AvgIpc) is 2.62. The molecule has 26 heavy (non-hydrogen) atoms. The molecule has 0 aromatic rings.